The molecule has 0 aliphatic rings. The molecular formula is C16H8Cl2N5O3Y-. The van der Waals surface area contributed by atoms with E-state index in [-0.39, 0.29) is 54.2 Å². The van der Waals surface area contributed by atoms with Gasteiger partial charge in [-0.05, 0) is 12.1 Å². The van der Waals surface area contributed by atoms with E-state index in [1.165, 1.54) is 18.2 Å². The molecule has 0 amide bonds. The zero-order valence-corrected chi connectivity index (χ0v) is 17.7. The van der Waals surface area contributed by atoms with Gasteiger partial charge in [-0.2, -0.15) is 16.0 Å². The van der Waals surface area contributed by atoms with Crippen LogP contribution < -0.4 is 21.7 Å². The van der Waals surface area contributed by atoms with Crippen molar-refractivity contribution in [3.05, 3.63) is 73.0 Å². The molecule has 0 atom stereocenters. The average Bonchev–Trinajstić information content (AvgIpc) is 2.60. The van der Waals surface area contributed by atoms with E-state index in [1.807, 2.05) is 4.98 Å². The summed E-state index contributed by atoms with van der Waals surface area (Å²) in [4.78, 5) is 25.4. The summed E-state index contributed by atoms with van der Waals surface area (Å²) in [5, 5.41) is 12.7. The van der Waals surface area contributed by atoms with Crippen LogP contribution in [0.5, 0.6) is 11.5 Å². The molecule has 0 saturated carbocycles. The summed E-state index contributed by atoms with van der Waals surface area (Å²) in [5.41, 5.74) is 3.95. The molecule has 133 valence electrons. The number of nitrogens with two attached hydrogens (primary N) is 1. The third kappa shape index (κ3) is 4.57. The van der Waals surface area contributed by atoms with Crippen molar-refractivity contribution in [3.8, 4) is 23.3 Å². The van der Waals surface area contributed by atoms with Gasteiger partial charge in [0, 0.05) is 38.5 Å². The fourth-order valence-electron chi connectivity index (χ4n) is 2.02. The Hall–Kier alpha value is -2.18. The van der Waals surface area contributed by atoms with Crippen LogP contribution in [0.2, 0.25) is 10.0 Å². The van der Waals surface area contributed by atoms with Crippen LogP contribution in [0.1, 0.15) is 5.69 Å². The molecule has 0 spiro atoms. The molecule has 0 aliphatic heterocycles. The van der Waals surface area contributed by atoms with Gasteiger partial charge < -0.3 is 10.5 Å². The summed E-state index contributed by atoms with van der Waals surface area (Å²) < 4.78 is 6.42. The number of hydrogen-bond acceptors (Lipinski definition) is 6. The predicted octanol–water partition coefficient (Wildman–Crippen LogP) is 2.27. The largest absolute Gasteiger partial charge is 0.514 e. The molecule has 8 nitrogen and oxygen atoms in total. The Balaban J connectivity index is 0.00000261. The molecular weight excluding hydrogens is 470 g/mol. The van der Waals surface area contributed by atoms with E-state index in [4.69, 9.17) is 38.9 Å². The number of anilines is 1. The standard InChI is InChI=1S/C16H8Cl2N5O3.Y/c17-11-5-9(23-16(25)21-15(24)13(7-19)22-23)6-12(18)14(11)26-10-3-1-8(20)2-4-10;/h1,3-6H,20H2,(H,21,24,25);/q-1;. The Morgan fingerprint density at radius 3 is 2.48 bits per heavy atom. The molecule has 0 bridgehead atoms. The second kappa shape index (κ2) is 8.67. The first-order chi connectivity index (χ1) is 12.4. The molecule has 3 aromatic rings. The number of nitrogens with one attached hydrogen (secondary N) is 1. The van der Waals surface area contributed by atoms with E-state index in [1.54, 1.807) is 18.2 Å². The van der Waals surface area contributed by atoms with Crippen LogP contribution in [0, 0.1) is 17.4 Å². The third-order valence-electron chi connectivity index (χ3n) is 3.19. The number of nitrogens with zero attached hydrogens (tertiary/aromatic N) is 3. The Labute approximate surface area is 187 Å². The Kier molecular flexibility index (Phi) is 6.79. The fraction of sp³-hybridized carbons (Fsp3) is 0. The maximum Gasteiger partial charge on any atom is 0.349 e. The summed E-state index contributed by atoms with van der Waals surface area (Å²) in [7, 11) is 0. The van der Waals surface area contributed by atoms with Crippen molar-refractivity contribution < 1.29 is 37.4 Å². The van der Waals surface area contributed by atoms with Gasteiger partial charge in [0.15, 0.2) is 0 Å². The molecule has 0 saturated heterocycles. The van der Waals surface area contributed by atoms with Gasteiger partial charge in [0.25, 0.3) is 5.56 Å². The maximum atomic E-state index is 11.9. The second-order valence-electron chi connectivity index (χ2n) is 4.95. The summed E-state index contributed by atoms with van der Waals surface area (Å²) in [5.74, 6) is 0.551. The van der Waals surface area contributed by atoms with E-state index in [9.17, 15) is 9.59 Å². The summed E-state index contributed by atoms with van der Waals surface area (Å²) >= 11 is 12.4. The molecule has 11 heteroatoms. The normalized spacial score (nSPS) is 9.96. The van der Waals surface area contributed by atoms with Crippen molar-refractivity contribution in [2.24, 2.45) is 0 Å². The SMILES string of the molecule is N#Cc1nn(-c2cc(Cl)c(Oc3c[c-]c(N)cc3)c(Cl)c2)c(=O)[nH]c1=O.[Y]. The van der Waals surface area contributed by atoms with Gasteiger partial charge in [0.2, 0.25) is 5.69 Å². The van der Waals surface area contributed by atoms with Crippen LogP contribution in [0.3, 0.4) is 0 Å². The van der Waals surface area contributed by atoms with E-state index < -0.39 is 16.9 Å². The summed E-state index contributed by atoms with van der Waals surface area (Å²) in [6.07, 6.45) is 0. The zero-order chi connectivity index (χ0) is 18.8. The fourth-order valence-corrected chi connectivity index (χ4v) is 2.57. The maximum absolute atomic E-state index is 11.9. The van der Waals surface area contributed by atoms with Gasteiger partial charge in [-0.1, -0.05) is 28.9 Å². The second-order valence-corrected chi connectivity index (χ2v) is 5.77. The zero-order valence-electron chi connectivity index (χ0n) is 13.4. The Bertz CT molecular complexity index is 1130. The number of aromatic nitrogens is 3. The van der Waals surface area contributed by atoms with Crippen LogP contribution in [-0.4, -0.2) is 14.8 Å². The van der Waals surface area contributed by atoms with Crippen LogP contribution in [0.15, 0.2) is 39.9 Å². The van der Waals surface area contributed by atoms with Crippen molar-refractivity contribution in [1.82, 2.24) is 14.8 Å². The Morgan fingerprint density at radius 1 is 1.26 bits per heavy atom. The topological polar surface area (TPSA) is 127 Å². The van der Waals surface area contributed by atoms with Crippen molar-refractivity contribution >= 4 is 28.9 Å². The molecule has 1 aromatic heterocycles. The van der Waals surface area contributed by atoms with Crippen molar-refractivity contribution in [3.63, 3.8) is 0 Å². The molecule has 0 aliphatic carbocycles. The van der Waals surface area contributed by atoms with E-state index in [0.717, 1.165) is 4.68 Å². The molecule has 0 unspecified atom stereocenters. The average molecular weight is 478 g/mol. The van der Waals surface area contributed by atoms with Crippen molar-refractivity contribution in [2.75, 3.05) is 5.73 Å². The number of ether oxygens (including phenoxy) is 1. The number of nitriles is 1. The molecule has 3 rings (SSSR count). The van der Waals surface area contributed by atoms with Gasteiger partial charge in [0.1, 0.15) is 11.8 Å². The summed E-state index contributed by atoms with van der Waals surface area (Å²) in [6.45, 7) is 0. The molecule has 1 heterocycles. The molecule has 1 radical (unpaired) electrons. The van der Waals surface area contributed by atoms with E-state index in [2.05, 4.69) is 11.2 Å². The number of H-pyrrole nitrogens is 1. The third-order valence-corrected chi connectivity index (χ3v) is 3.75. The molecule has 0 fully saturated rings. The van der Waals surface area contributed by atoms with Crippen LogP contribution in [0.4, 0.5) is 5.69 Å². The number of aromatic amines is 1. The monoisotopic (exact) mass is 477 g/mol. The van der Waals surface area contributed by atoms with Gasteiger partial charge in [0.05, 0.1) is 15.7 Å². The quantitative estimate of drug-likeness (QED) is 0.440. The minimum Gasteiger partial charge on any atom is -0.514 e. The van der Waals surface area contributed by atoms with Crippen molar-refractivity contribution in [2.45, 2.75) is 0 Å². The van der Waals surface area contributed by atoms with Crippen LogP contribution >= 0.6 is 23.2 Å². The predicted molar refractivity (Wildman–Crippen MR) is 95.0 cm³/mol. The van der Waals surface area contributed by atoms with E-state index >= 15 is 0 Å². The van der Waals surface area contributed by atoms with E-state index in [0.29, 0.717) is 11.4 Å². The van der Waals surface area contributed by atoms with Gasteiger partial charge in [-0.3, -0.25) is 9.78 Å². The van der Waals surface area contributed by atoms with Crippen LogP contribution in [0.25, 0.3) is 5.69 Å². The first kappa shape index (κ1) is 21.1. The smallest absolute Gasteiger partial charge is 0.349 e. The van der Waals surface area contributed by atoms with Crippen LogP contribution in [-0.2, 0) is 32.7 Å². The van der Waals surface area contributed by atoms with Gasteiger partial charge in [-0.25, -0.2) is 4.79 Å². The number of halogens is 2. The van der Waals surface area contributed by atoms with Crippen molar-refractivity contribution in [1.29, 1.82) is 5.26 Å². The minimum absolute atomic E-state index is 0. The van der Waals surface area contributed by atoms with Gasteiger partial charge >= 0.3 is 5.69 Å². The first-order valence-corrected chi connectivity index (χ1v) is 7.73. The number of hydrogen-bond donors (Lipinski definition) is 2. The molecule has 3 N–H and O–H groups in total. The summed E-state index contributed by atoms with van der Waals surface area (Å²) in [6, 6.07) is 11.8. The number of rotatable bonds is 3. The first-order valence-electron chi connectivity index (χ1n) is 6.97. The van der Waals surface area contributed by atoms with Gasteiger partial charge in [-0.15, -0.1) is 23.3 Å². The molecule has 27 heavy (non-hydrogen) atoms. The number of benzene rings is 2. The number of nitrogen functional groups attached to an aromatic ring is 1. The Morgan fingerprint density at radius 2 is 1.93 bits per heavy atom. The molecule has 2 aromatic carbocycles. The minimum atomic E-state index is -0.884.